The SMILES string of the molecule is Cc1c(F)cc(C(=O)O)cc1S(=O)(=O)NC1CCSC1. The Hall–Kier alpha value is -1.12. The summed E-state index contributed by atoms with van der Waals surface area (Å²) in [6, 6.07) is 1.62. The molecule has 1 heterocycles. The van der Waals surface area contributed by atoms with Gasteiger partial charge in [0.15, 0.2) is 0 Å². The molecule has 1 aliphatic heterocycles. The van der Waals surface area contributed by atoms with Crippen LogP contribution in [0.25, 0.3) is 0 Å². The van der Waals surface area contributed by atoms with E-state index in [1.54, 1.807) is 11.8 Å². The van der Waals surface area contributed by atoms with Crippen molar-refractivity contribution in [1.82, 2.24) is 4.72 Å². The fraction of sp³-hybridized carbons (Fsp3) is 0.417. The Balaban J connectivity index is 2.41. The van der Waals surface area contributed by atoms with Crippen LogP contribution in [0, 0.1) is 12.7 Å². The van der Waals surface area contributed by atoms with Crippen molar-refractivity contribution in [1.29, 1.82) is 0 Å². The summed E-state index contributed by atoms with van der Waals surface area (Å²) in [6.07, 6.45) is 0.712. The number of carboxylic acids is 1. The zero-order chi connectivity index (χ0) is 14.9. The topological polar surface area (TPSA) is 83.5 Å². The third-order valence-electron chi connectivity index (χ3n) is 3.08. The van der Waals surface area contributed by atoms with Gasteiger partial charge in [-0.3, -0.25) is 0 Å². The number of hydrogen-bond acceptors (Lipinski definition) is 4. The number of sulfonamides is 1. The Morgan fingerprint density at radius 1 is 1.50 bits per heavy atom. The van der Waals surface area contributed by atoms with Crippen LogP contribution in [-0.2, 0) is 10.0 Å². The van der Waals surface area contributed by atoms with Gasteiger partial charge in [0, 0.05) is 17.4 Å². The summed E-state index contributed by atoms with van der Waals surface area (Å²) in [5.41, 5.74) is -0.456. The fourth-order valence-corrected chi connectivity index (χ4v) is 4.77. The molecule has 0 amide bonds. The summed E-state index contributed by atoms with van der Waals surface area (Å²) in [5, 5.41) is 8.89. The minimum Gasteiger partial charge on any atom is -0.478 e. The molecule has 1 unspecified atom stereocenters. The highest BCUT2D eigenvalue weighted by molar-refractivity contribution is 7.99. The second-order valence-electron chi connectivity index (χ2n) is 4.57. The Bertz CT molecular complexity index is 639. The first-order valence-corrected chi connectivity index (χ1v) is 8.58. The first kappa shape index (κ1) is 15.3. The monoisotopic (exact) mass is 319 g/mol. The third-order valence-corrected chi connectivity index (χ3v) is 5.89. The number of nitrogens with one attached hydrogen (secondary N) is 1. The van der Waals surface area contributed by atoms with Gasteiger partial charge in [-0.25, -0.2) is 22.3 Å². The maximum Gasteiger partial charge on any atom is 0.335 e. The van der Waals surface area contributed by atoms with E-state index in [-0.39, 0.29) is 22.1 Å². The van der Waals surface area contributed by atoms with Crippen molar-refractivity contribution in [3.63, 3.8) is 0 Å². The van der Waals surface area contributed by atoms with Gasteiger partial charge in [-0.15, -0.1) is 0 Å². The van der Waals surface area contributed by atoms with Crippen LogP contribution in [0.15, 0.2) is 17.0 Å². The maximum atomic E-state index is 13.7. The summed E-state index contributed by atoms with van der Waals surface area (Å²) in [6.45, 7) is 1.32. The molecule has 0 aromatic heterocycles. The molecular weight excluding hydrogens is 305 g/mol. The predicted molar refractivity (Wildman–Crippen MR) is 74.1 cm³/mol. The van der Waals surface area contributed by atoms with E-state index in [0.29, 0.717) is 12.2 Å². The van der Waals surface area contributed by atoms with Crippen LogP contribution in [0.4, 0.5) is 4.39 Å². The Morgan fingerprint density at radius 2 is 2.20 bits per heavy atom. The summed E-state index contributed by atoms with van der Waals surface area (Å²) in [7, 11) is -3.92. The van der Waals surface area contributed by atoms with Gasteiger partial charge in [0.1, 0.15) is 5.82 Å². The van der Waals surface area contributed by atoms with E-state index in [4.69, 9.17) is 5.11 Å². The van der Waals surface area contributed by atoms with Gasteiger partial charge in [0.05, 0.1) is 10.5 Å². The lowest BCUT2D eigenvalue weighted by Crippen LogP contribution is -2.35. The third kappa shape index (κ3) is 3.13. The zero-order valence-corrected chi connectivity index (χ0v) is 12.4. The molecule has 20 heavy (non-hydrogen) atoms. The molecule has 0 spiro atoms. The Kier molecular flexibility index (Phi) is 4.36. The smallest absolute Gasteiger partial charge is 0.335 e. The molecule has 8 heteroatoms. The molecule has 5 nitrogen and oxygen atoms in total. The number of halogens is 1. The standard InChI is InChI=1S/C12H14FNO4S2/c1-7-10(13)4-8(12(15)16)5-11(7)20(17,18)14-9-2-3-19-6-9/h4-5,9,14H,2-3,6H2,1H3,(H,15,16). The number of thioether (sulfide) groups is 1. The first-order valence-electron chi connectivity index (χ1n) is 5.95. The summed E-state index contributed by atoms with van der Waals surface area (Å²) in [5.74, 6) is -0.669. The van der Waals surface area contributed by atoms with Crippen molar-refractivity contribution in [3.05, 3.63) is 29.1 Å². The minimum atomic E-state index is -3.92. The van der Waals surface area contributed by atoms with Crippen LogP contribution in [0.5, 0.6) is 0 Å². The van der Waals surface area contributed by atoms with Gasteiger partial charge in [-0.1, -0.05) is 0 Å². The predicted octanol–water partition coefficient (Wildman–Crippen LogP) is 1.62. The number of hydrogen-bond donors (Lipinski definition) is 2. The quantitative estimate of drug-likeness (QED) is 0.881. The van der Waals surface area contributed by atoms with Crippen LogP contribution < -0.4 is 4.72 Å². The molecule has 0 aliphatic carbocycles. The van der Waals surface area contributed by atoms with Gasteiger partial charge in [-0.05, 0) is 31.2 Å². The minimum absolute atomic E-state index is 0.0758. The van der Waals surface area contributed by atoms with Crippen molar-refractivity contribution in [2.75, 3.05) is 11.5 Å². The molecule has 1 saturated heterocycles. The number of aromatic carboxylic acids is 1. The van der Waals surface area contributed by atoms with Gasteiger partial charge in [0.25, 0.3) is 0 Å². The van der Waals surface area contributed by atoms with E-state index in [1.165, 1.54) is 6.92 Å². The van der Waals surface area contributed by atoms with Gasteiger partial charge < -0.3 is 5.11 Å². The van der Waals surface area contributed by atoms with E-state index < -0.39 is 21.8 Å². The van der Waals surface area contributed by atoms with Gasteiger partial charge >= 0.3 is 5.97 Å². The second kappa shape index (κ2) is 5.71. The van der Waals surface area contributed by atoms with Crippen molar-refractivity contribution < 1.29 is 22.7 Å². The fourth-order valence-electron chi connectivity index (χ4n) is 1.97. The summed E-state index contributed by atoms with van der Waals surface area (Å²) < 4.78 is 40.7. The molecule has 0 saturated carbocycles. The van der Waals surface area contributed by atoms with Crippen molar-refractivity contribution in [2.45, 2.75) is 24.3 Å². The number of carboxylic acid groups (broad SMARTS) is 1. The first-order chi connectivity index (χ1) is 9.31. The zero-order valence-electron chi connectivity index (χ0n) is 10.7. The van der Waals surface area contributed by atoms with Crippen molar-refractivity contribution in [3.8, 4) is 0 Å². The van der Waals surface area contributed by atoms with Crippen LogP contribution in [0.3, 0.4) is 0 Å². The average Bonchev–Trinajstić information content (AvgIpc) is 2.83. The highest BCUT2D eigenvalue weighted by Crippen LogP contribution is 2.23. The number of benzene rings is 1. The largest absolute Gasteiger partial charge is 0.478 e. The van der Waals surface area contributed by atoms with Crippen LogP contribution >= 0.6 is 11.8 Å². The lowest BCUT2D eigenvalue weighted by molar-refractivity contribution is 0.0696. The Labute approximate surface area is 120 Å². The van der Waals surface area contributed by atoms with Gasteiger partial charge in [0.2, 0.25) is 10.0 Å². The molecule has 1 atom stereocenters. The molecule has 2 rings (SSSR count). The van der Waals surface area contributed by atoms with Gasteiger partial charge in [-0.2, -0.15) is 11.8 Å². The van der Waals surface area contributed by atoms with Crippen LogP contribution in [-0.4, -0.2) is 37.0 Å². The van der Waals surface area contributed by atoms with Crippen LogP contribution in [0.2, 0.25) is 0 Å². The summed E-state index contributed by atoms with van der Waals surface area (Å²) >= 11 is 1.64. The highest BCUT2D eigenvalue weighted by atomic mass is 32.2. The lowest BCUT2D eigenvalue weighted by Gasteiger charge is -2.14. The van der Waals surface area contributed by atoms with E-state index >= 15 is 0 Å². The molecule has 0 radical (unpaired) electrons. The van der Waals surface area contributed by atoms with Crippen LogP contribution in [0.1, 0.15) is 22.3 Å². The number of rotatable bonds is 4. The highest BCUT2D eigenvalue weighted by Gasteiger charge is 2.26. The molecular formula is C12H14FNO4S2. The second-order valence-corrected chi connectivity index (χ2v) is 7.40. The number of carbonyl (C=O) groups is 1. The van der Waals surface area contributed by atoms with E-state index in [1.807, 2.05) is 0 Å². The molecule has 110 valence electrons. The average molecular weight is 319 g/mol. The Morgan fingerprint density at radius 3 is 2.75 bits per heavy atom. The van der Waals surface area contributed by atoms with Crippen molar-refractivity contribution >= 4 is 27.8 Å². The molecule has 0 bridgehead atoms. The molecule has 1 aliphatic rings. The van der Waals surface area contributed by atoms with E-state index in [9.17, 15) is 17.6 Å². The lowest BCUT2D eigenvalue weighted by atomic mass is 10.1. The molecule has 1 aromatic carbocycles. The normalized spacial score (nSPS) is 19.2. The van der Waals surface area contributed by atoms with E-state index in [2.05, 4.69) is 4.72 Å². The summed E-state index contributed by atoms with van der Waals surface area (Å²) in [4.78, 5) is 10.6. The van der Waals surface area contributed by atoms with Crippen molar-refractivity contribution in [2.24, 2.45) is 0 Å². The maximum absolute atomic E-state index is 13.7. The van der Waals surface area contributed by atoms with E-state index in [0.717, 1.165) is 17.9 Å². The molecule has 1 aromatic rings. The molecule has 1 fully saturated rings. The molecule has 2 N–H and O–H groups in total.